The van der Waals surface area contributed by atoms with Crippen molar-refractivity contribution in [1.82, 2.24) is 4.57 Å². The van der Waals surface area contributed by atoms with Gasteiger partial charge in [0.25, 0.3) is 5.69 Å². The average molecular weight is 233 g/mol. The smallest absolute Gasteiger partial charge is 0.270 e. The van der Waals surface area contributed by atoms with Crippen LogP contribution in [0.5, 0.6) is 0 Å². The topological polar surface area (TPSA) is 88.2 Å². The monoisotopic (exact) mass is 233 g/mol. The average Bonchev–Trinajstić information content (AvgIpc) is 2.66. The number of fused-ring (bicyclic) bond motifs is 1. The summed E-state index contributed by atoms with van der Waals surface area (Å²) < 4.78 is 1.55. The van der Waals surface area contributed by atoms with E-state index in [1.807, 2.05) is 0 Å². The van der Waals surface area contributed by atoms with Crippen LogP contribution in [-0.4, -0.2) is 15.5 Å². The van der Waals surface area contributed by atoms with Crippen LogP contribution in [0.3, 0.4) is 0 Å². The van der Waals surface area contributed by atoms with Gasteiger partial charge in [-0.05, 0) is 19.1 Å². The molecule has 0 saturated carbocycles. The molecule has 1 aromatic heterocycles. The SMILES string of the molecule is CCn1c(C(=O)[O-])cc2cc([N+](=O)[O-])ccc21. The molecule has 0 aliphatic heterocycles. The lowest BCUT2D eigenvalue weighted by atomic mass is 10.2. The summed E-state index contributed by atoms with van der Waals surface area (Å²) in [5.74, 6) is -1.29. The highest BCUT2D eigenvalue weighted by Gasteiger charge is 2.12. The van der Waals surface area contributed by atoms with Gasteiger partial charge in [-0.2, -0.15) is 0 Å². The molecule has 6 heteroatoms. The Kier molecular flexibility index (Phi) is 2.55. The minimum Gasteiger partial charge on any atom is -0.543 e. The van der Waals surface area contributed by atoms with E-state index in [9.17, 15) is 20.0 Å². The van der Waals surface area contributed by atoms with Crippen molar-refractivity contribution in [1.29, 1.82) is 0 Å². The van der Waals surface area contributed by atoms with E-state index in [-0.39, 0.29) is 11.4 Å². The number of carbonyl (C=O) groups is 1. The minimum absolute atomic E-state index is 0.0306. The number of nitro groups is 1. The van der Waals surface area contributed by atoms with Crippen LogP contribution in [0, 0.1) is 10.1 Å². The molecule has 0 saturated heterocycles. The molecule has 0 bridgehead atoms. The number of hydrogen-bond acceptors (Lipinski definition) is 4. The fourth-order valence-electron chi connectivity index (χ4n) is 1.88. The number of nitro benzene ring substituents is 1. The van der Waals surface area contributed by atoms with Gasteiger partial charge < -0.3 is 14.5 Å². The third-order valence-corrected chi connectivity index (χ3v) is 2.62. The molecule has 1 aromatic carbocycles. The van der Waals surface area contributed by atoms with Crippen molar-refractivity contribution in [3.05, 3.63) is 40.1 Å². The molecule has 2 aromatic rings. The van der Waals surface area contributed by atoms with Gasteiger partial charge in [0.2, 0.25) is 0 Å². The number of hydrogen-bond donors (Lipinski definition) is 0. The Hall–Kier alpha value is -2.37. The first kappa shape index (κ1) is 11.1. The van der Waals surface area contributed by atoms with Crippen LogP contribution in [-0.2, 0) is 6.54 Å². The molecular weight excluding hydrogens is 224 g/mol. The van der Waals surface area contributed by atoms with E-state index in [0.717, 1.165) is 0 Å². The van der Waals surface area contributed by atoms with Gasteiger partial charge in [0, 0.05) is 29.6 Å². The number of rotatable bonds is 3. The zero-order valence-electron chi connectivity index (χ0n) is 9.04. The Morgan fingerprint density at radius 3 is 2.65 bits per heavy atom. The fraction of sp³-hybridized carbons (Fsp3) is 0.182. The molecule has 88 valence electrons. The fourth-order valence-corrected chi connectivity index (χ4v) is 1.88. The van der Waals surface area contributed by atoms with E-state index >= 15 is 0 Å². The van der Waals surface area contributed by atoms with Gasteiger partial charge in [0.15, 0.2) is 0 Å². The van der Waals surface area contributed by atoms with Crippen molar-refractivity contribution < 1.29 is 14.8 Å². The summed E-state index contributed by atoms with van der Waals surface area (Å²) in [7, 11) is 0. The van der Waals surface area contributed by atoms with Crippen LogP contribution in [0.15, 0.2) is 24.3 Å². The maximum atomic E-state index is 10.9. The number of non-ortho nitro benzene ring substituents is 1. The van der Waals surface area contributed by atoms with Crippen molar-refractivity contribution in [2.75, 3.05) is 0 Å². The van der Waals surface area contributed by atoms with Crippen LogP contribution >= 0.6 is 0 Å². The second-order valence-electron chi connectivity index (χ2n) is 3.56. The molecule has 0 atom stereocenters. The Labute approximate surface area is 96.2 Å². The van der Waals surface area contributed by atoms with Crippen LogP contribution in [0.2, 0.25) is 0 Å². The van der Waals surface area contributed by atoms with Crippen molar-refractivity contribution in [2.45, 2.75) is 13.5 Å². The van der Waals surface area contributed by atoms with Crippen LogP contribution < -0.4 is 5.11 Å². The van der Waals surface area contributed by atoms with Crippen molar-refractivity contribution in [3.63, 3.8) is 0 Å². The quantitative estimate of drug-likeness (QED) is 0.582. The molecule has 0 unspecified atom stereocenters. The van der Waals surface area contributed by atoms with Gasteiger partial charge in [-0.15, -0.1) is 0 Å². The highest BCUT2D eigenvalue weighted by molar-refractivity contribution is 5.94. The Morgan fingerprint density at radius 2 is 2.12 bits per heavy atom. The van der Waals surface area contributed by atoms with E-state index in [1.54, 1.807) is 17.6 Å². The Balaban J connectivity index is 2.73. The third-order valence-electron chi connectivity index (χ3n) is 2.62. The van der Waals surface area contributed by atoms with Crippen LogP contribution in [0.1, 0.15) is 17.4 Å². The third kappa shape index (κ3) is 1.73. The number of aromatic carboxylic acids is 1. The molecule has 0 amide bonds. The van der Waals surface area contributed by atoms with Crippen LogP contribution in [0.25, 0.3) is 10.9 Å². The summed E-state index contributed by atoms with van der Waals surface area (Å²) in [6, 6.07) is 5.64. The summed E-state index contributed by atoms with van der Waals surface area (Å²) in [6.07, 6.45) is 0. The van der Waals surface area contributed by atoms with E-state index in [1.165, 1.54) is 18.2 Å². The van der Waals surface area contributed by atoms with E-state index < -0.39 is 10.9 Å². The lowest BCUT2D eigenvalue weighted by molar-refractivity contribution is -0.384. The van der Waals surface area contributed by atoms with Crippen molar-refractivity contribution in [2.24, 2.45) is 0 Å². The predicted molar refractivity (Wildman–Crippen MR) is 58.6 cm³/mol. The van der Waals surface area contributed by atoms with E-state index in [0.29, 0.717) is 17.4 Å². The number of carboxylic acid groups (broad SMARTS) is 1. The van der Waals surface area contributed by atoms with Gasteiger partial charge in [-0.25, -0.2) is 0 Å². The van der Waals surface area contributed by atoms with Crippen LogP contribution in [0.4, 0.5) is 5.69 Å². The second-order valence-corrected chi connectivity index (χ2v) is 3.56. The first-order valence-electron chi connectivity index (χ1n) is 5.03. The number of aromatic nitrogens is 1. The maximum Gasteiger partial charge on any atom is 0.270 e. The van der Waals surface area contributed by atoms with Crippen molar-refractivity contribution in [3.8, 4) is 0 Å². The molecule has 0 radical (unpaired) electrons. The molecular formula is C11H9N2O4-. The molecule has 2 rings (SSSR count). The van der Waals surface area contributed by atoms with Gasteiger partial charge in [0.05, 0.1) is 16.6 Å². The highest BCUT2D eigenvalue weighted by atomic mass is 16.6. The Bertz CT molecular complexity index is 615. The number of benzene rings is 1. The Morgan fingerprint density at radius 1 is 1.41 bits per heavy atom. The molecule has 0 fully saturated rings. The summed E-state index contributed by atoms with van der Waals surface area (Å²) in [5, 5.41) is 22.0. The molecule has 0 N–H and O–H groups in total. The number of carbonyl (C=O) groups excluding carboxylic acids is 1. The molecule has 0 aliphatic rings. The summed E-state index contributed by atoms with van der Waals surface area (Å²) >= 11 is 0. The zero-order valence-corrected chi connectivity index (χ0v) is 9.04. The summed E-state index contributed by atoms with van der Waals surface area (Å²) in [4.78, 5) is 21.0. The van der Waals surface area contributed by atoms with Gasteiger partial charge in [0.1, 0.15) is 0 Å². The standard InChI is InChI=1S/C11H10N2O4/c1-2-12-9-4-3-8(13(16)17)5-7(9)6-10(12)11(14)15/h3-6H,2H2,1H3,(H,14,15)/p-1. The van der Waals surface area contributed by atoms with Gasteiger partial charge in [-0.1, -0.05) is 0 Å². The summed E-state index contributed by atoms with van der Waals surface area (Å²) in [6.45, 7) is 2.26. The molecule has 0 spiro atoms. The summed E-state index contributed by atoms with van der Waals surface area (Å²) in [5.41, 5.74) is 0.621. The number of nitrogens with zero attached hydrogens (tertiary/aromatic N) is 2. The normalized spacial score (nSPS) is 10.6. The lowest BCUT2D eigenvalue weighted by Crippen LogP contribution is -2.25. The first-order valence-corrected chi connectivity index (χ1v) is 5.03. The van der Waals surface area contributed by atoms with E-state index in [4.69, 9.17) is 0 Å². The largest absolute Gasteiger partial charge is 0.543 e. The number of aryl methyl sites for hydroxylation is 1. The first-order chi connectivity index (χ1) is 8.04. The number of carboxylic acids is 1. The minimum atomic E-state index is -1.29. The van der Waals surface area contributed by atoms with E-state index in [2.05, 4.69) is 0 Å². The molecule has 1 heterocycles. The van der Waals surface area contributed by atoms with Gasteiger partial charge >= 0.3 is 0 Å². The van der Waals surface area contributed by atoms with Crippen molar-refractivity contribution >= 4 is 22.6 Å². The molecule has 6 nitrogen and oxygen atoms in total. The maximum absolute atomic E-state index is 10.9. The molecule has 17 heavy (non-hydrogen) atoms. The zero-order chi connectivity index (χ0) is 12.6. The second kappa shape index (κ2) is 3.89. The predicted octanol–water partition coefficient (Wildman–Crippen LogP) is 0.933. The highest BCUT2D eigenvalue weighted by Crippen LogP contribution is 2.24. The van der Waals surface area contributed by atoms with Gasteiger partial charge in [-0.3, -0.25) is 10.1 Å². The lowest BCUT2D eigenvalue weighted by Gasteiger charge is -2.07. The molecule has 0 aliphatic carbocycles.